The van der Waals surface area contributed by atoms with Gasteiger partial charge in [0.1, 0.15) is 5.82 Å². The van der Waals surface area contributed by atoms with E-state index >= 15 is 0 Å². The smallest absolute Gasteiger partial charge is 0.334 e. The van der Waals surface area contributed by atoms with Crippen LogP contribution in [0.1, 0.15) is 18.9 Å². The molecule has 1 fully saturated rings. The Morgan fingerprint density at radius 3 is 2.83 bits per heavy atom. The van der Waals surface area contributed by atoms with Crippen LogP contribution in [0.4, 0.5) is 4.39 Å². The fourth-order valence-corrected chi connectivity index (χ4v) is 2.74. The number of esters is 2. The fraction of sp³-hybridized carbons (Fsp3) is 0.294. The molecule has 3 rings (SSSR count). The third-order valence-electron chi connectivity index (χ3n) is 3.69. The van der Waals surface area contributed by atoms with Gasteiger partial charge in [-0.3, -0.25) is 0 Å². The lowest BCUT2D eigenvalue weighted by atomic mass is 9.92. The van der Waals surface area contributed by atoms with Gasteiger partial charge in [0.15, 0.2) is 0 Å². The normalized spacial score (nSPS) is 24.9. The van der Waals surface area contributed by atoms with E-state index in [1.165, 1.54) is 36.4 Å². The van der Waals surface area contributed by atoms with E-state index < -0.39 is 17.7 Å². The van der Waals surface area contributed by atoms with E-state index in [0.29, 0.717) is 29.7 Å². The molecule has 6 heteroatoms. The zero-order valence-electron chi connectivity index (χ0n) is 12.5. The molecule has 120 valence electrons. The Kier molecular flexibility index (Phi) is 4.00. The minimum absolute atomic E-state index is 0.247. The molecule has 0 saturated carbocycles. The molecule has 2 aliphatic heterocycles. The van der Waals surface area contributed by atoms with E-state index in [0.717, 1.165) is 0 Å². The lowest BCUT2D eigenvalue weighted by Crippen LogP contribution is -2.32. The average Bonchev–Trinajstić information content (AvgIpc) is 3.05. The summed E-state index contributed by atoms with van der Waals surface area (Å²) in [5, 5.41) is 0. The average molecular weight is 318 g/mol. The molecule has 1 saturated heterocycles. The number of carbonyl (C=O) groups excluding carboxylic acids is 2. The molecule has 1 unspecified atom stereocenters. The Bertz CT molecular complexity index is 704. The SMILES string of the molecule is CCOC(=O)/C=C1/CCOC12OC(=O)C=C2c1ccc(F)cc1. The first-order chi connectivity index (χ1) is 11.0. The zero-order valence-corrected chi connectivity index (χ0v) is 12.5. The van der Waals surface area contributed by atoms with Crippen molar-refractivity contribution in [2.24, 2.45) is 0 Å². The highest BCUT2D eigenvalue weighted by atomic mass is 19.1. The molecule has 0 amide bonds. The summed E-state index contributed by atoms with van der Waals surface area (Å²) in [7, 11) is 0. The van der Waals surface area contributed by atoms with Crippen LogP contribution in [0.25, 0.3) is 5.57 Å². The van der Waals surface area contributed by atoms with Crippen molar-refractivity contribution in [1.82, 2.24) is 0 Å². The molecule has 2 heterocycles. The van der Waals surface area contributed by atoms with Crippen LogP contribution in [0.15, 0.2) is 42.0 Å². The molecule has 1 aromatic carbocycles. The quantitative estimate of drug-likeness (QED) is 0.632. The van der Waals surface area contributed by atoms with E-state index in [-0.39, 0.29) is 12.4 Å². The minimum atomic E-state index is -1.43. The predicted molar refractivity (Wildman–Crippen MR) is 78.5 cm³/mol. The van der Waals surface area contributed by atoms with Crippen molar-refractivity contribution < 1.29 is 28.2 Å². The van der Waals surface area contributed by atoms with Gasteiger partial charge >= 0.3 is 11.9 Å². The van der Waals surface area contributed by atoms with Crippen LogP contribution in [-0.2, 0) is 23.8 Å². The molecule has 0 aliphatic carbocycles. The van der Waals surface area contributed by atoms with E-state index in [1.807, 2.05) is 0 Å². The molecule has 0 aromatic heterocycles. The van der Waals surface area contributed by atoms with Crippen LogP contribution < -0.4 is 0 Å². The first kappa shape index (κ1) is 15.4. The van der Waals surface area contributed by atoms with Crippen LogP contribution in [0.5, 0.6) is 0 Å². The van der Waals surface area contributed by atoms with E-state index in [9.17, 15) is 14.0 Å². The molecular weight excluding hydrogens is 303 g/mol. The fourth-order valence-electron chi connectivity index (χ4n) is 2.74. The predicted octanol–water partition coefficient (Wildman–Crippen LogP) is 2.37. The summed E-state index contributed by atoms with van der Waals surface area (Å²) in [5.41, 5.74) is 1.56. The Morgan fingerprint density at radius 2 is 2.13 bits per heavy atom. The summed E-state index contributed by atoms with van der Waals surface area (Å²) in [5.74, 6) is -2.90. The highest BCUT2D eigenvalue weighted by Crippen LogP contribution is 2.46. The number of rotatable bonds is 3. The Morgan fingerprint density at radius 1 is 1.39 bits per heavy atom. The molecule has 1 atom stereocenters. The largest absolute Gasteiger partial charge is 0.463 e. The summed E-state index contributed by atoms with van der Waals surface area (Å²) in [4.78, 5) is 23.6. The number of carbonyl (C=O) groups is 2. The van der Waals surface area contributed by atoms with Gasteiger partial charge in [-0.2, -0.15) is 0 Å². The van der Waals surface area contributed by atoms with Gasteiger partial charge in [-0.25, -0.2) is 14.0 Å². The molecular formula is C17H15FO5. The molecule has 1 aromatic rings. The lowest BCUT2D eigenvalue weighted by Gasteiger charge is -2.27. The van der Waals surface area contributed by atoms with Crippen molar-refractivity contribution in [2.75, 3.05) is 13.2 Å². The van der Waals surface area contributed by atoms with Crippen molar-refractivity contribution in [2.45, 2.75) is 19.1 Å². The Hall–Kier alpha value is -2.47. The second-order valence-corrected chi connectivity index (χ2v) is 5.12. The maximum absolute atomic E-state index is 13.1. The molecule has 23 heavy (non-hydrogen) atoms. The monoisotopic (exact) mass is 318 g/mol. The topological polar surface area (TPSA) is 61.8 Å². The zero-order chi connectivity index (χ0) is 16.4. The highest BCUT2D eigenvalue weighted by Gasteiger charge is 2.51. The van der Waals surface area contributed by atoms with Gasteiger partial charge in [-0.15, -0.1) is 0 Å². The summed E-state index contributed by atoms with van der Waals surface area (Å²) < 4.78 is 29.1. The van der Waals surface area contributed by atoms with E-state index in [4.69, 9.17) is 14.2 Å². The molecule has 5 nitrogen and oxygen atoms in total. The van der Waals surface area contributed by atoms with Crippen molar-refractivity contribution in [3.8, 4) is 0 Å². The Labute approximate surface area is 132 Å². The number of halogens is 1. The van der Waals surface area contributed by atoms with Crippen molar-refractivity contribution in [3.63, 3.8) is 0 Å². The highest BCUT2D eigenvalue weighted by molar-refractivity contribution is 6.00. The summed E-state index contributed by atoms with van der Waals surface area (Å²) >= 11 is 0. The van der Waals surface area contributed by atoms with Gasteiger partial charge in [0.25, 0.3) is 5.79 Å². The van der Waals surface area contributed by atoms with E-state index in [1.54, 1.807) is 6.92 Å². The molecule has 2 aliphatic rings. The molecule has 0 bridgehead atoms. The van der Waals surface area contributed by atoms with Crippen LogP contribution in [-0.4, -0.2) is 30.9 Å². The lowest BCUT2D eigenvalue weighted by molar-refractivity contribution is -0.170. The Balaban J connectivity index is 2.01. The second kappa shape index (κ2) is 5.96. The van der Waals surface area contributed by atoms with Gasteiger partial charge in [0.2, 0.25) is 0 Å². The van der Waals surface area contributed by atoms with Gasteiger partial charge in [0, 0.05) is 23.3 Å². The van der Waals surface area contributed by atoms with Gasteiger partial charge in [0.05, 0.1) is 13.2 Å². The molecule has 0 radical (unpaired) electrons. The third kappa shape index (κ3) is 2.77. The first-order valence-corrected chi connectivity index (χ1v) is 7.28. The van der Waals surface area contributed by atoms with Crippen LogP contribution >= 0.6 is 0 Å². The maximum atomic E-state index is 13.1. The number of ether oxygens (including phenoxy) is 3. The van der Waals surface area contributed by atoms with Crippen molar-refractivity contribution >= 4 is 17.5 Å². The minimum Gasteiger partial charge on any atom is -0.463 e. The van der Waals surface area contributed by atoms with Gasteiger partial charge in [-0.1, -0.05) is 12.1 Å². The number of benzene rings is 1. The van der Waals surface area contributed by atoms with Crippen molar-refractivity contribution in [3.05, 3.63) is 53.4 Å². The van der Waals surface area contributed by atoms with Gasteiger partial charge < -0.3 is 14.2 Å². The molecule has 0 N–H and O–H groups in total. The van der Waals surface area contributed by atoms with Crippen LogP contribution in [0.2, 0.25) is 0 Å². The van der Waals surface area contributed by atoms with Crippen molar-refractivity contribution in [1.29, 1.82) is 0 Å². The number of hydrogen-bond acceptors (Lipinski definition) is 5. The van der Waals surface area contributed by atoms with Crippen LogP contribution in [0, 0.1) is 5.82 Å². The van der Waals surface area contributed by atoms with Gasteiger partial charge in [-0.05, 0) is 31.0 Å². The van der Waals surface area contributed by atoms with Crippen LogP contribution in [0.3, 0.4) is 0 Å². The molecule has 1 spiro atoms. The summed E-state index contributed by atoms with van der Waals surface area (Å²) in [6.07, 6.45) is 3.04. The standard InChI is InChI=1S/C17H15FO5/c1-2-21-15(19)9-12-7-8-22-17(12)14(10-16(20)23-17)11-3-5-13(18)6-4-11/h3-6,9-10H,2,7-8H2,1H3/b12-9-. The van der Waals surface area contributed by atoms with E-state index in [2.05, 4.69) is 0 Å². The maximum Gasteiger partial charge on any atom is 0.334 e. The number of hydrogen-bond donors (Lipinski definition) is 0. The second-order valence-electron chi connectivity index (χ2n) is 5.12. The third-order valence-corrected chi connectivity index (χ3v) is 3.69. The summed E-state index contributed by atoms with van der Waals surface area (Å²) in [6.45, 7) is 2.25. The summed E-state index contributed by atoms with van der Waals surface area (Å²) in [6, 6.07) is 5.65. The first-order valence-electron chi connectivity index (χ1n) is 7.28.